The van der Waals surface area contributed by atoms with Crippen molar-refractivity contribution in [3.05, 3.63) is 95.3 Å². The summed E-state index contributed by atoms with van der Waals surface area (Å²) in [4.78, 5) is 21.7. The van der Waals surface area contributed by atoms with Crippen LogP contribution in [-0.4, -0.2) is 29.4 Å². The molecule has 4 aromatic rings. The Hall–Kier alpha value is -3.49. The maximum absolute atomic E-state index is 13.4. The summed E-state index contributed by atoms with van der Waals surface area (Å²) in [6.45, 7) is 0. The van der Waals surface area contributed by atoms with Gasteiger partial charge in [-0.15, -0.1) is 0 Å². The molecule has 1 unspecified atom stereocenters. The molecule has 1 radical (unpaired) electrons. The number of aromatic amines is 1. The number of aromatic nitrogens is 2. The van der Waals surface area contributed by atoms with Crippen molar-refractivity contribution in [2.75, 3.05) is 4.90 Å². The van der Waals surface area contributed by atoms with Crippen molar-refractivity contribution in [3.63, 3.8) is 0 Å². The molecular formula is C22H16N3O4S. The number of anilines is 1. The van der Waals surface area contributed by atoms with E-state index in [4.69, 9.17) is 0 Å². The van der Waals surface area contributed by atoms with Crippen LogP contribution in [0.25, 0.3) is 11.0 Å². The van der Waals surface area contributed by atoms with Gasteiger partial charge in [-0.05, 0) is 35.9 Å². The Labute approximate surface area is 173 Å². The Bertz CT molecular complexity index is 1370. The van der Waals surface area contributed by atoms with Crippen LogP contribution in [0, 0.1) is 6.33 Å². The number of imidazole rings is 1. The molecule has 0 aliphatic carbocycles. The van der Waals surface area contributed by atoms with Crippen molar-refractivity contribution in [1.82, 2.24) is 9.97 Å². The number of nitrogens with one attached hydrogen (secondary N) is 1. The molecule has 1 atom stereocenters. The van der Waals surface area contributed by atoms with E-state index in [2.05, 4.69) is 16.3 Å². The normalized spacial score (nSPS) is 18.3. The number of aliphatic hydroxyl groups is 1. The second kappa shape index (κ2) is 6.79. The van der Waals surface area contributed by atoms with Gasteiger partial charge in [-0.3, -0.25) is 9.69 Å². The van der Waals surface area contributed by atoms with E-state index in [1.807, 2.05) is 0 Å². The number of fused-ring (bicyclic) bond motifs is 2. The van der Waals surface area contributed by atoms with Crippen LogP contribution in [0.15, 0.2) is 66.7 Å². The molecule has 0 spiro atoms. The number of amides is 1. The molecule has 30 heavy (non-hydrogen) atoms. The molecule has 3 aromatic carbocycles. The number of H-pyrrole nitrogens is 1. The fourth-order valence-electron chi connectivity index (χ4n) is 3.99. The number of benzene rings is 3. The standard InChI is InChI=1S/C22H16N3O4S/c26-21-17-6-1-2-7-18(17)22(27,15-8-9-19-20(11-15)24-13-23-19)25(21)16-5-3-4-14(10-16)12-30(28)29/h1-11,27,30H,12H2,(H,23,24). The molecule has 1 aliphatic heterocycles. The molecule has 0 saturated heterocycles. The minimum Gasteiger partial charge on any atom is -0.363 e. The lowest BCUT2D eigenvalue weighted by Gasteiger charge is -2.35. The van der Waals surface area contributed by atoms with E-state index in [-0.39, 0.29) is 11.7 Å². The maximum atomic E-state index is 13.4. The third kappa shape index (κ3) is 2.72. The first kappa shape index (κ1) is 18.5. The lowest BCUT2D eigenvalue weighted by atomic mass is 9.93. The number of hydrogen-bond acceptors (Lipinski definition) is 5. The van der Waals surface area contributed by atoms with E-state index >= 15 is 0 Å². The van der Waals surface area contributed by atoms with Crippen LogP contribution >= 0.6 is 0 Å². The predicted molar refractivity (Wildman–Crippen MR) is 112 cm³/mol. The van der Waals surface area contributed by atoms with Gasteiger partial charge in [-0.25, -0.2) is 13.4 Å². The molecule has 0 bridgehead atoms. The van der Waals surface area contributed by atoms with E-state index in [1.54, 1.807) is 66.7 Å². The van der Waals surface area contributed by atoms with Crippen molar-refractivity contribution in [1.29, 1.82) is 0 Å². The molecule has 0 saturated carbocycles. The Morgan fingerprint density at radius 3 is 2.73 bits per heavy atom. The van der Waals surface area contributed by atoms with Crippen LogP contribution in [-0.2, 0) is 22.2 Å². The van der Waals surface area contributed by atoms with Gasteiger partial charge in [-0.2, -0.15) is 0 Å². The quantitative estimate of drug-likeness (QED) is 0.442. The van der Waals surface area contributed by atoms with Gasteiger partial charge in [0.15, 0.2) is 12.1 Å². The minimum absolute atomic E-state index is 0.147. The van der Waals surface area contributed by atoms with Crippen LogP contribution in [0.4, 0.5) is 5.69 Å². The van der Waals surface area contributed by atoms with Gasteiger partial charge in [0.25, 0.3) is 5.91 Å². The molecule has 1 amide bonds. The average molecular weight is 418 g/mol. The van der Waals surface area contributed by atoms with Crippen LogP contribution < -0.4 is 4.90 Å². The highest BCUT2D eigenvalue weighted by Gasteiger charge is 2.50. The first-order valence-electron chi connectivity index (χ1n) is 9.22. The highest BCUT2D eigenvalue weighted by atomic mass is 32.2. The minimum atomic E-state index is -2.62. The fourth-order valence-corrected chi connectivity index (χ4v) is 4.48. The SMILES string of the molecule is O=C1c2ccccc2C(O)(c2ccc3[nH][c]nc3c2)N1c1cccc(C[SH](=O)=O)c1. The van der Waals surface area contributed by atoms with Crippen LogP contribution in [0.2, 0.25) is 0 Å². The van der Waals surface area contributed by atoms with Gasteiger partial charge >= 0.3 is 0 Å². The number of carbonyl (C=O) groups is 1. The molecule has 2 N–H and O–H groups in total. The third-order valence-electron chi connectivity index (χ3n) is 5.31. The summed E-state index contributed by atoms with van der Waals surface area (Å²) in [6.07, 6.45) is 2.67. The molecular weight excluding hydrogens is 402 g/mol. The average Bonchev–Trinajstić information content (AvgIpc) is 3.29. The first-order chi connectivity index (χ1) is 14.5. The highest BCUT2D eigenvalue weighted by molar-refractivity contribution is 7.71. The van der Waals surface area contributed by atoms with Crippen LogP contribution in [0.5, 0.6) is 0 Å². The summed E-state index contributed by atoms with van der Waals surface area (Å²) >= 11 is 0. The third-order valence-corrected chi connectivity index (χ3v) is 5.93. The van der Waals surface area contributed by atoms with Gasteiger partial charge in [0.05, 0.1) is 16.8 Å². The summed E-state index contributed by atoms with van der Waals surface area (Å²) in [5.74, 6) is -0.517. The maximum Gasteiger partial charge on any atom is 0.261 e. The van der Waals surface area contributed by atoms with Crippen molar-refractivity contribution in [2.45, 2.75) is 11.5 Å². The number of nitrogens with zero attached hydrogens (tertiary/aromatic N) is 2. The Morgan fingerprint density at radius 2 is 1.90 bits per heavy atom. The molecule has 1 aliphatic rings. The topological polar surface area (TPSA) is 103 Å². The second-order valence-electron chi connectivity index (χ2n) is 7.10. The first-order valence-corrected chi connectivity index (χ1v) is 10.6. The van der Waals surface area contributed by atoms with Crippen LogP contribution in [0.1, 0.15) is 27.0 Å². The highest BCUT2D eigenvalue weighted by Crippen LogP contribution is 2.45. The second-order valence-corrected chi connectivity index (χ2v) is 8.08. The summed E-state index contributed by atoms with van der Waals surface area (Å²) < 4.78 is 22.4. The van der Waals surface area contributed by atoms with Crippen molar-refractivity contribution in [2.24, 2.45) is 0 Å². The van der Waals surface area contributed by atoms with Gasteiger partial charge < -0.3 is 10.1 Å². The molecule has 1 aromatic heterocycles. The lowest BCUT2D eigenvalue weighted by molar-refractivity contribution is 0.0704. The molecule has 149 valence electrons. The fraction of sp³-hybridized carbons (Fsp3) is 0.0909. The Kier molecular flexibility index (Phi) is 4.19. The van der Waals surface area contributed by atoms with Gasteiger partial charge in [0.2, 0.25) is 0 Å². The Morgan fingerprint density at radius 1 is 1.07 bits per heavy atom. The summed E-state index contributed by atoms with van der Waals surface area (Å²) in [5.41, 5.74) is 1.83. The summed E-state index contributed by atoms with van der Waals surface area (Å²) in [7, 11) is -2.62. The van der Waals surface area contributed by atoms with E-state index in [9.17, 15) is 18.3 Å². The van der Waals surface area contributed by atoms with Crippen molar-refractivity contribution < 1.29 is 18.3 Å². The molecule has 2 heterocycles. The van der Waals surface area contributed by atoms with E-state index < -0.39 is 16.4 Å². The number of rotatable bonds is 4. The molecule has 7 nitrogen and oxygen atoms in total. The molecule has 8 heteroatoms. The zero-order chi connectivity index (χ0) is 20.9. The van der Waals surface area contributed by atoms with Crippen molar-refractivity contribution in [3.8, 4) is 0 Å². The van der Waals surface area contributed by atoms with Gasteiger partial charge in [0, 0.05) is 22.4 Å². The summed E-state index contributed by atoms with van der Waals surface area (Å²) in [6, 6.07) is 18.7. The van der Waals surface area contributed by atoms with Crippen LogP contribution in [0.3, 0.4) is 0 Å². The monoisotopic (exact) mass is 418 g/mol. The van der Waals surface area contributed by atoms with E-state index in [0.717, 1.165) is 5.52 Å². The summed E-state index contributed by atoms with van der Waals surface area (Å²) in [5, 5.41) is 12.0. The van der Waals surface area contributed by atoms with Crippen molar-refractivity contribution >= 4 is 33.3 Å². The van der Waals surface area contributed by atoms with Gasteiger partial charge in [0.1, 0.15) is 10.7 Å². The predicted octanol–water partition coefficient (Wildman–Crippen LogP) is 2.33. The number of hydrogen-bond donors (Lipinski definition) is 3. The Balaban J connectivity index is 1.74. The zero-order valence-electron chi connectivity index (χ0n) is 15.6. The lowest BCUT2D eigenvalue weighted by Crippen LogP contribution is -2.45. The van der Waals surface area contributed by atoms with E-state index in [0.29, 0.717) is 33.5 Å². The van der Waals surface area contributed by atoms with E-state index in [1.165, 1.54) is 4.90 Å². The smallest absolute Gasteiger partial charge is 0.261 e. The van der Waals surface area contributed by atoms with Gasteiger partial charge in [-0.1, -0.05) is 36.4 Å². The number of carbonyl (C=O) groups excluding carboxylic acids is 1. The largest absolute Gasteiger partial charge is 0.363 e. The number of thiol groups is 1. The zero-order valence-corrected chi connectivity index (χ0v) is 16.5. The molecule has 5 rings (SSSR count). The molecule has 0 fully saturated rings.